The van der Waals surface area contributed by atoms with Crippen LogP contribution in [0.1, 0.15) is 76.0 Å². The number of aromatic nitrogens is 2. The minimum absolute atomic E-state index is 0.139. The summed E-state index contributed by atoms with van der Waals surface area (Å²) in [5.41, 5.74) is 0. The topological polar surface area (TPSA) is 62.5 Å². The van der Waals surface area contributed by atoms with Crippen molar-refractivity contribution in [2.45, 2.75) is 76.8 Å². The predicted octanol–water partition coefficient (Wildman–Crippen LogP) is 2.95. The van der Waals surface area contributed by atoms with Crippen molar-refractivity contribution in [1.82, 2.24) is 19.9 Å². The van der Waals surface area contributed by atoms with Crippen molar-refractivity contribution >= 4 is 5.91 Å². The lowest BCUT2D eigenvalue weighted by atomic mass is 9.78. The maximum Gasteiger partial charge on any atom is 0.237 e. The molecule has 1 aromatic heterocycles. The monoisotopic (exact) mass is 346 g/mol. The van der Waals surface area contributed by atoms with E-state index in [1.54, 1.807) is 0 Å². The zero-order chi connectivity index (χ0) is 17.2. The molecule has 0 spiro atoms. The van der Waals surface area contributed by atoms with Gasteiger partial charge in [0.2, 0.25) is 11.8 Å². The number of carbonyl (C=O) groups excluding carboxylic acids is 1. The second kappa shape index (κ2) is 7.44. The molecule has 3 heterocycles. The molecule has 3 aliphatic rings. The van der Waals surface area contributed by atoms with E-state index >= 15 is 0 Å². The van der Waals surface area contributed by atoms with Crippen molar-refractivity contribution < 1.29 is 9.32 Å². The van der Waals surface area contributed by atoms with Gasteiger partial charge in [-0.05, 0) is 51.0 Å². The summed E-state index contributed by atoms with van der Waals surface area (Å²) < 4.78 is 5.28. The molecular formula is C19H30N4O2. The highest BCUT2D eigenvalue weighted by Gasteiger charge is 2.38. The Balaban J connectivity index is 1.42. The summed E-state index contributed by atoms with van der Waals surface area (Å²) in [6.45, 7) is 4.42. The van der Waals surface area contributed by atoms with Gasteiger partial charge in [-0.1, -0.05) is 24.9 Å². The van der Waals surface area contributed by atoms with Crippen molar-refractivity contribution in [1.29, 1.82) is 0 Å². The molecule has 1 aromatic rings. The normalized spacial score (nSPS) is 30.4. The summed E-state index contributed by atoms with van der Waals surface area (Å²) in [5, 5.41) is 4.15. The fourth-order valence-corrected chi connectivity index (χ4v) is 5.05. The third-order valence-electron chi connectivity index (χ3n) is 6.35. The van der Waals surface area contributed by atoms with Gasteiger partial charge in [-0.2, -0.15) is 4.98 Å². The Hall–Kier alpha value is -1.43. The van der Waals surface area contributed by atoms with Crippen LogP contribution < -0.4 is 0 Å². The first kappa shape index (κ1) is 17.0. The zero-order valence-corrected chi connectivity index (χ0v) is 15.3. The minimum atomic E-state index is 0.139. The highest BCUT2D eigenvalue weighted by atomic mass is 16.5. The number of hydrogen-bond donors (Lipinski definition) is 0. The Labute approximate surface area is 149 Å². The average Bonchev–Trinajstić information content (AvgIpc) is 3.30. The molecule has 1 saturated carbocycles. The van der Waals surface area contributed by atoms with Crippen LogP contribution in [0.2, 0.25) is 0 Å². The number of hydrogen-bond acceptors (Lipinski definition) is 5. The third-order valence-corrected chi connectivity index (χ3v) is 6.35. The lowest BCUT2D eigenvalue weighted by Crippen LogP contribution is -2.52. The molecule has 0 bridgehead atoms. The lowest BCUT2D eigenvalue weighted by Gasteiger charge is -2.44. The molecule has 0 aromatic carbocycles. The number of likely N-dealkylation sites (tertiary alicyclic amines) is 2. The number of amides is 1. The zero-order valence-electron chi connectivity index (χ0n) is 15.3. The first-order valence-corrected chi connectivity index (χ1v) is 10.1. The number of piperidine rings is 1. The van der Waals surface area contributed by atoms with Crippen molar-refractivity contribution in [3.63, 3.8) is 0 Å². The maximum atomic E-state index is 13.1. The van der Waals surface area contributed by atoms with Crippen LogP contribution in [0.25, 0.3) is 0 Å². The second-order valence-electron chi connectivity index (χ2n) is 7.87. The third kappa shape index (κ3) is 3.46. The lowest BCUT2D eigenvalue weighted by molar-refractivity contribution is -0.139. The molecule has 4 rings (SSSR count). The van der Waals surface area contributed by atoms with Gasteiger partial charge in [-0.25, -0.2) is 0 Å². The number of aryl methyl sites for hydroxylation is 1. The van der Waals surface area contributed by atoms with E-state index < -0.39 is 0 Å². The number of carbonyl (C=O) groups is 1. The first-order valence-electron chi connectivity index (χ1n) is 10.1. The molecule has 6 heteroatoms. The van der Waals surface area contributed by atoms with E-state index in [0.29, 0.717) is 24.4 Å². The fraction of sp³-hybridized carbons (Fsp3) is 0.842. The van der Waals surface area contributed by atoms with Gasteiger partial charge < -0.3 is 9.42 Å². The second-order valence-corrected chi connectivity index (χ2v) is 7.87. The highest BCUT2D eigenvalue weighted by molar-refractivity contribution is 5.79. The van der Waals surface area contributed by atoms with Crippen LogP contribution in [0.3, 0.4) is 0 Å². The molecule has 2 saturated heterocycles. The van der Waals surface area contributed by atoms with Gasteiger partial charge in [0, 0.05) is 19.0 Å². The van der Waals surface area contributed by atoms with E-state index in [0.717, 1.165) is 44.1 Å². The van der Waals surface area contributed by atoms with E-state index in [1.165, 1.54) is 38.5 Å². The van der Waals surface area contributed by atoms with Crippen LogP contribution in [-0.4, -0.2) is 51.5 Å². The minimum Gasteiger partial charge on any atom is -0.339 e. The van der Waals surface area contributed by atoms with Crippen molar-refractivity contribution in [2.75, 3.05) is 19.6 Å². The molecule has 25 heavy (non-hydrogen) atoms. The predicted molar refractivity (Wildman–Crippen MR) is 93.9 cm³/mol. The Bertz CT molecular complexity index is 600. The smallest absolute Gasteiger partial charge is 0.237 e. The van der Waals surface area contributed by atoms with E-state index in [9.17, 15) is 4.79 Å². The van der Waals surface area contributed by atoms with Crippen LogP contribution in [-0.2, 0) is 11.2 Å². The summed E-state index contributed by atoms with van der Waals surface area (Å²) in [5.74, 6) is 2.50. The Morgan fingerprint density at radius 2 is 1.92 bits per heavy atom. The molecule has 0 unspecified atom stereocenters. The molecule has 0 N–H and O–H groups in total. The van der Waals surface area contributed by atoms with Crippen LogP contribution >= 0.6 is 0 Å². The fourth-order valence-electron chi connectivity index (χ4n) is 5.05. The van der Waals surface area contributed by atoms with Gasteiger partial charge in [-0.3, -0.25) is 9.69 Å². The van der Waals surface area contributed by atoms with Gasteiger partial charge in [0.05, 0.1) is 12.6 Å². The van der Waals surface area contributed by atoms with E-state index in [4.69, 9.17) is 4.52 Å². The van der Waals surface area contributed by atoms with Crippen molar-refractivity contribution in [3.05, 3.63) is 11.7 Å². The Kier molecular flexibility index (Phi) is 5.06. The maximum absolute atomic E-state index is 13.1. The molecule has 0 radical (unpaired) electrons. The summed E-state index contributed by atoms with van der Waals surface area (Å²) in [7, 11) is 0. The SMILES string of the molecule is CCc1nc([C@@H]2CCCN2CC(=O)N2CCC[C@@H]3CCCC[C@@H]32)no1. The summed E-state index contributed by atoms with van der Waals surface area (Å²) >= 11 is 0. The Morgan fingerprint density at radius 3 is 2.76 bits per heavy atom. The van der Waals surface area contributed by atoms with E-state index in [-0.39, 0.29) is 6.04 Å². The van der Waals surface area contributed by atoms with E-state index in [2.05, 4.69) is 19.9 Å². The molecule has 1 aliphatic carbocycles. The molecule has 6 nitrogen and oxygen atoms in total. The molecule has 138 valence electrons. The van der Waals surface area contributed by atoms with Gasteiger partial charge in [0.1, 0.15) is 0 Å². The quantitative estimate of drug-likeness (QED) is 0.839. The molecule has 1 amide bonds. The largest absolute Gasteiger partial charge is 0.339 e. The van der Waals surface area contributed by atoms with Crippen LogP contribution in [0.4, 0.5) is 0 Å². The van der Waals surface area contributed by atoms with Gasteiger partial charge in [-0.15, -0.1) is 0 Å². The van der Waals surface area contributed by atoms with Crippen molar-refractivity contribution in [3.8, 4) is 0 Å². The number of fused-ring (bicyclic) bond motifs is 1. The number of nitrogens with zero attached hydrogens (tertiary/aromatic N) is 4. The van der Waals surface area contributed by atoms with Crippen LogP contribution in [0.15, 0.2) is 4.52 Å². The summed E-state index contributed by atoms with van der Waals surface area (Å²) in [6, 6.07) is 0.632. The van der Waals surface area contributed by atoms with Gasteiger partial charge in [0.15, 0.2) is 5.82 Å². The molecule has 2 aliphatic heterocycles. The first-order chi connectivity index (χ1) is 12.3. The Morgan fingerprint density at radius 1 is 1.12 bits per heavy atom. The van der Waals surface area contributed by atoms with Gasteiger partial charge in [0.25, 0.3) is 0 Å². The van der Waals surface area contributed by atoms with Crippen LogP contribution in [0.5, 0.6) is 0 Å². The van der Waals surface area contributed by atoms with Crippen molar-refractivity contribution in [2.24, 2.45) is 5.92 Å². The molecule has 3 atom stereocenters. The van der Waals surface area contributed by atoms with E-state index in [1.807, 2.05) is 6.92 Å². The highest BCUT2D eigenvalue weighted by Crippen LogP contribution is 2.36. The summed E-state index contributed by atoms with van der Waals surface area (Å²) in [4.78, 5) is 22.0. The number of rotatable bonds is 4. The summed E-state index contributed by atoms with van der Waals surface area (Å²) in [6.07, 6.45) is 10.5. The molecular weight excluding hydrogens is 316 g/mol. The molecule has 3 fully saturated rings. The average molecular weight is 346 g/mol. The van der Waals surface area contributed by atoms with Gasteiger partial charge >= 0.3 is 0 Å². The standard InChI is InChI=1S/C19H30N4O2/c1-2-17-20-19(21-25-17)16-10-6-11-22(16)13-18(24)23-12-5-8-14-7-3-4-9-15(14)23/h14-16H,2-13H2,1H3/t14-,15-,16-/m0/s1. The van der Waals surface area contributed by atoms with Crippen LogP contribution in [0, 0.1) is 5.92 Å².